The number of nitrogens with zero attached hydrogens (tertiary/aromatic N) is 1. The van der Waals surface area contributed by atoms with Gasteiger partial charge in [-0.25, -0.2) is 4.98 Å². The highest BCUT2D eigenvalue weighted by Gasteiger charge is 2.28. The zero-order chi connectivity index (χ0) is 18.8. The average Bonchev–Trinajstić information content (AvgIpc) is 3.28. The number of carbonyl (C=O) groups is 2. The Kier molecular flexibility index (Phi) is 4.96. The number of anilines is 2. The molecule has 1 unspecified atom stereocenters. The van der Waals surface area contributed by atoms with Crippen molar-refractivity contribution in [1.29, 1.82) is 0 Å². The summed E-state index contributed by atoms with van der Waals surface area (Å²) in [6.45, 7) is 1.48. The smallest absolute Gasteiger partial charge is 0.239 e. The van der Waals surface area contributed by atoms with Crippen LogP contribution >= 0.6 is 23.1 Å². The summed E-state index contributed by atoms with van der Waals surface area (Å²) >= 11 is 3.01. The van der Waals surface area contributed by atoms with E-state index in [-0.39, 0.29) is 17.1 Å². The van der Waals surface area contributed by atoms with E-state index in [0.717, 1.165) is 23.4 Å². The molecule has 0 fully saturated rings. The molecule has 4 rings (SSSR count). The molecule has 2 aromatic carbocycles. The van der Waals surface area contributed by atoms with Crippen LogP contribution in [0.2, 0.25) is 0 Å². The molecule has 27 heavy (non-hydrogen) atoms. The summed E-state index contributed by atoms with van der Waals surface area (Å²) in [5.41, 5.74) is 3.70. The Balaban J connectivity index is 1.41. The molecule has 5 nitrogen and oxygen atoms in total. The van der Waals surface area contributed by atoms with Gasteiger partial charge >= 0.3 is 0 Å². The fraction of sp³-hybridized carbons (Fsp3) is 0.150. The van der Waals surface area contributed by atoms with Crippen LogP contribution in [0.4, 0.5) is 10.8 Å². The Labute approximate surface area is 165 Å². The first-order valence-corrected chi connectivity index (χ1v) is 10.2. The molecule has 1 aromatic heterocycles. The number of nitrogens with one attached hydrogen (secondary N) is 2. The molecule has 1 aliphatic rings. The van der Waals surface area contributed by atoms with Crippen molar-refractivity contribution in [2.75, 3.05) is 10.6 Å². The molecule has 0 aliphatic carbocycles. The maximum Gasteiger partial charge on any atom is 0.239 e. The molecule has 0 saturated carbocycles. The number of hydrogen-bond donors (Lipinski definition) is 2. The molecule has 2 amide bonds. The lowest BCUT2D eigenvalue weighted by Gasteiger charge is -2.07. The van der Waals surface area contributed by atoms with Gasteiger partial charge in [0, 0.05) is 28.5 Å². The van der Waals surface area contributed by atoms with Crippen LogP contribution in [0.5, 0.6) is 0 Å². The summed E-state index contributed by atoms with van der Waals surface area (Å²) in [6.07, 6.45) is 0.746. The van der Waals surface area contributed by atoms with Crippen LogP contribution in [0.3, 0.4) is 0 Å². The van der Waals surface area contributed by atoms with Gasteiger partial charge in [0.2, 0.25) is 11.8 Å². The monoisotopic (exact) mass is 395 g/mol. The number of aromatic nitrogens is 1. The van der Waals surface area contributed by atoms with E-state index in [1.165, 1.54) is 28.7 Å². The van der Waals surface area contributed by atoms with E-state index in [4.69, 9.17) is 0 Å². The van der Waals surface area contributed by atoms with Gasteiger partial charge < -0.3 is 10.6 Å². The van der Waals surface area contributed by atoms with Crippen LogP contribution in [-0.2, 0) is 16.0 Å². The lowest BCUT2D eigenvalue weighted by molar-refractivity contribution is -0.116. The Bertz CT molecular complexity index is 973. The first-order valence-electron chi connectivity index (χ1n) is 8.47. The van der Waals surface area contributed by atoms with Crippen molar-refractivity contribution in [2.45, 2.75) is 23.5 Å². The van der Waals surface area contributed by atoms with Gasteiger partial charge in [-0.05, 0) is 30.2 Å². The number of benzene rings is 2. The highest BCUT2D eigenvalue weighted by Crippen LogP contribution is 2.37. The van der Waals surface area contributed by atoms with Crippen LogP contribution in [0, 0.1) is 0 Å². The van der Waals surface area contributed by atoms with Gasteiger partial charge in [0.15, 0.2) is 5.13 Å². The number of fused-ring (bicyclic) bond motifs is 1. The van der Waals surface area contributed by atoms with Crippen LogP contribution in [0.25, 0.3) is 11.3 Å². The molecule has 2 N–H and O–H groups in total. The summed E-state index contributed by atoms with van der Waals surface area (Å²) in [4.78, 5) is 29.4. The third-order valence-corrected chi connectivity index (χ3v) is 6.25. The van der Waals surface area contributed by atoms with E-state index in [1.807, 2.05) is 41.8 Å². The molecule has 2 heterocycles. The van der Waals surface area contributed by atoms with E-state index in [0.29, 0.717) is 5.13 Å². The van der Waals surface area contributed by atoms with Gasteiger partial charge in [0.1, 0.15) is 0 Å². The Morgan fingerprint density at radius 3 is 2.59 bits per heavy atom. The van der Waals surface area contributed by atoms with Crippen molar-refractivity contribution in [3.8, 4) is 11.3 Å². The number of thioether (sulfide) groups is 1. The predicted molar refractivity (Wildman–Crippen MR) is 110 cm³/mol. The largest absolute Gasteiger partial charge is 0.326 e. The van der Waals surface area contributed by atoms with E-state index < -0.39 is 0 Å². The third kappa shape index (κ3) is 4.04. The zero-order valence-electron chi connectivity index (χ0n) is 14.6. The summed E-state index contributed by atoms with van der Waals surface area (Å²) in [5, 5.41) is 8.07. The van der Waals surface area contributed by atoms with Crippen LogP contribution in [0.1, 0.15) is 12.5 Å². The van der Waals surface area contributed by atoms with Crippen LogP contribution in [0.15, 0.2) is 58.8 Å². The Morgan fingerprint density at radius 1 is 1.07 bits per heavy atom. The fourth-order valence-corrected chi connectivity index (χ4v) is 4.82. The second-order valence-corrected chi connectivity index (χ2v) is 8.31. The zero-order valence-corrected chi connectivity index (χ0v) is 16.2. The summed E-state index contributed by atoms with van der Waals surface area (Å²) in [6, 6.07) is 15.6. The summed E-state index contributed by atoms with van der Waals surface area (Å²) in [7, 11) is 0. The predicted octanol–water partition coefficient (Wildman–Crippen LogP) is 4.42. The van der Waals surface area contributed by atoms with Gasteiger partial charge in [-0.2, -0.15) is 0 Å². The quantitative estimate of drug-likeness (QED) is 0.686. The van der Waals surface area contributed by atoms with E-state index in [9.17, 15) is 9.59 Å². The number of hydrogen-bond acceptors (Lipinski definition) is 5. The average molecular weight is 396 g/mol. The van der Waals surface area contributed by atoms with Gasteiger partial charge in [-0.15, -0.1) is 23.1 Å². The third-order valence-electron chi connectivity index (χ3n) is 4.17. The topological polar surface area (TPSA) is 71.1 Å². The van der Waals surface area contributed by atoms with Crippen molar-refractivity contribution in [3.63, 3.8) is 0 Å². The number of rotatable bonds is 4. The Morgan fingerprint density at radius 2 is 1.85 bits per heavy atom. The van der Waals surface area contributed by atoms with Crippen LogP contribution in [-0.4, -0.2) is 22.0 Å². The summed E-state index contributed by atoms with van der Waals surface area (Å²) in [5.74, 6) is -0.119. The lowest BCUT2D eigenvalue weighted by Crippen LogP contribution is -2.24. The molecule has 7 heteroatoms. The minimum Gasteiger partial charge on any atom is -0.326 e. The first-order chi connectivity index (χ1) is 13.1. The molecule has 0 radical (unpaired) electrons. The molecule has 1 atom stereocenters. The second kappa shape index (κ2) is 7.54. The highest BCUT2D eigenvalue weighted by atomic mass is 32.2. The molecular formula is C20H17N3O2S2. The van der Waals surface area contributed by atoms with Crippen molar-refractivity contribution in [1.82, 2.24) is 4.98 Å². The van der Waals surface area contributed by atoms with Crippen molar-refractivity contribution >= 4 is 45.7 Å². The van der Waals surface area contributed by atoms with Crippen molar-refractivity contribution < 1.29 is 9.59 Å². The van der Waals surface area contributed by atoms with Gasteiger partial charge in [-0.3, -0.25) is 9.59 Å². The van der Waals surface area contributed by atoms with Crippen molar-refractivity contribution in [2.24, 2.45) is 0 Å². The van der Waals surface area contributed by atoms with E-state index >= 15 is 0 Å². The van der Waals surface area contributed by atoms with Crippen molar-refractivity contribution in [3.05, 3.63) is 59.5 Å². The summed E-state index contributed by atoms with van der Waals surface area (Å²) < 4.78 is 0. The molecule has 1 aliphatic heterocycles. The number of amides is 2. The minimum atomic E-state index is -0.119. The van der Waals surface area contributed by atoms with E-state index in [2.05, 4.69) is 27.8 Å². The number of carbonyl (C=O) groups excluding carboxylic acids is 2. The SMILES string of the molecule is CC(=O)Nc1ccc(-c2csc(NC(=O)C3Cc4ccccc4S3)n2)cc1. The first kappa shape index (κ1) is 17.8. The van der Waals surface area contributed by atoms with Crippen LogP contribution < -0.4 is 10.6 Å². The molecule has 0 saturated heterocycles. The fourth-order valence-electron chi connectivity index (χ4n) is 2.91. The maximum atomic E-state index is 12.6. The maximum absolute atomic E-state index is 12.6. The standard InChI is InChI=1S/C20H17N3O2S2/c1-12(24)21-15-8-6-13(7-9-15)16-11-26-20(22-16)23-19(25)18-10-14-4-2-3-5-17(14)27-18/h2-9,11,18H,10H2,1H3,(H,21,24)(H,22,23,25). The number of thiazole rings is 1. The second-order valence-electron chi connectivity index (χ2n) is 6.20. The molecule has 3 aromatic rings. The molecule has 136 valence electrons. The Hall–Kier alpha value is -2.64. The molecule has 0 bridgehead atoms. The molecule has 0 spiro atoms. The minimum absolute atomic E-state index is 0.0156. The van der Waals surface area contributed by atoms with Gasteiger partial charge in [0.25, 0.3) is 0 Å². The van der Waals surface area contributed by atoms with Gasteiger partial charge in [0.05, 0.1) is 10.9 Å². The lowest BCUT2D eigenvalue weighted by atomic mass is 10.1. The van der Waals surface area contributed by atoms with E-state index in [1.54, 1.807) is 11.8 Å². The molecular weight excluding hydrogens is 378 g/mol. The highest BCUT2D eigenvalue weighted by molar-refractivity contribution is 8.01. The normalized spacial score (nSPS) is 15.2. The van der Waals surface area contributed by atoms with Gasteiger partial charge in [-0.1, -0.05) is 30.3 Å².